The summed E-state index contributed by atoms with van der Waals surface area (Å²) in [7, 11) is 0. The molecule has 0 saturated carbocycles. The van der Waals surface area contributed by atoms with Crippen LogP contribution in [0.4, 0.5) is 4.39 Å². The fourth-order valence-corrected chi connectivity index (χ4v) is 1.99. The predicted molar refractivity (Wildman–Crippen MR) is 68.3 cm³/mol. The molecular weight excluding hydrogens is 247 g/mol. The van der Waals surface area contributed by atoms with Gasteiger partial charge in [0.05, 0.1) is 17.8 Å². The van der Waals surface area contributed by atoms with E-state index in [4.69, 9.17) is 4.42 Å². The van der Waals surface area contributed by atoms with Crippen molar-refractivity contribution in [3.63, 3.8) is 0 Å². The second-order valence-electron chi connectivity index (χ2n) is 4.42. The molecule has 19 heavy (non-hydrogen) atoms. The summed E-state index contributed by atoms with van der Waals surface area (Å²) >= 11 is 0. The fraction of sp³-hybridized carbons (Fsp3) is 0.286. The van der Waals surface area contributed by atoms with Crippen LogP contribution in [0, 0.1) is 19.7 Å². The summed E-state index contributed by atoms with van der Waals surface area (Å²) in [6.07, 6.45) is 2.41. The molecule has 1 amide bonds. The van der Waals surface area contributed by atoms with Crippen molar-refractivity contribution in [2.45, 2.75) is 26.8 Å². The SMILES string of the molecule is Cc1cc(C(C)NC(=O)c2ccncc2F)c(C)o1. The predicted octanol–water partition coefficient (Wildman–Crippen LogP) is 2.92. The molecule has 1 atom stereocenters. The molecular formula is C14H15FN2O2. The normalized spacial score (nSPS) is 12.2. The smallest absolute Gasteiger partial charge is 0.254 e. The summed E-state index contributed by atoms with van der Waals surface area (Å²) in [6, 6.07) is 2.96. The Balaban J connectivity index is 2.15. The molecule has 0 fully saturated rings. The zero-order chi connectivity index (χ0) is 14.0. The molecule has 2 aromatic rings. The zero-order valence-electron chi connectivity index (χ0n) is 11.0. The second kappa shape index (κ2) is 5.22. The molecule has 2 aromatic heterocycles. The van der Waals surface area contributed by atoms with E-state index in [0.717, 1.165) is 23.3 Å². The standard InChI is InChI=1S/C14H15FN2O2/c1-8-6-12(10(3)19-8)9(2)17-14(18)11-4-5-16-7-13(11)15/h4-7,9H,1-3H3,(H,17,18). The Hall–Kier alpha value is -2.17. The molecule has 1 N–H and O–H groups in total. The van der Waals surface area contributed by atoms with E-state index in [1.165, 1.54) is 12.3 Å². The number of furan rings is 1. The van der Waals surface area contributed by atoms with Gasteiger partial charge in [-0.2, -0.15) is 0 Å². The van der Waals surface area contributed by atoms with Crippen molar-refractivity contribution in [3.05, 3.63) is 53.0 Å². The minimum atomic E-state index is -0.632. The number of hydrogen-bond acceptors (Lipinski definition) is 3. The van der Waals surface area contributed by atoms with Gasteiger partial charge in [0.15, 0.2) is 5.82 Å². The Morgan fingerprint density at radius 3 is 2.79 bits per heavy atom. The first-order valence-electron chi connectivity index (χ1n) is 5.96. The van der Waals surface area contributed by atoms with Gasteiger partial charge in [-0.1, -0.05) is 0 Å². The first-order chi connectivity index (χ1) is 8.99. The van der Waals surface area contributed by atoms with Crippen molar-refractivity contribution in [3.8, 4) is 0 Å². The number of hydrogen-bond donors (Lipinski definition) is 1. The van der Waals surface area contributed by atoms with E-state index in [0.29, 0.717) is 0 Å². The number of amides is 1. The third-order valence-electron chi connectivity index (χ3n) is 2.91. The number of rotatable bonds is 3. The van der Waals surface area contributed by atoms with Crippen LogP contribution in [0.5, 0.6) is 0 Å². The molecule has 4 nitrogen and oxygen atoms in total. The van der Waals surface area contributed by atoms with E-state index in [1.54, 1.807) is 0 Å². The van der Waals surface area contributed by atoms with Crippen molar-refractivity contribution < 1.29 is 13.6 Å². The van der Waals surface area contributed by atoms with Gasteiger partial charge in [-0.25, -0.2) is 4.39 Å². The van der Waals surface area contributed by atoms with E-state index in [-0.39, 0.29) is 11.6 Å². The highest BCUT2D eigenvalue weighted by Crippen LogP contribution is 2.21. The van der Waals surface area contributed by atoms with Crippen molar-refractivity contribution in [1.82, 2.24) is 10.3 Å². The first-order valence-corrected chi connectivity index (χ1v) is 5.96. The number of nitrogens with zero attached hydrogens (tertiary/aromatic N) is 1. The molecule has 0 aliphatic heterocycles. The van der Waals surface area contributed by atoms with Crippen molar-refractivity contribution in [1.29, 1.82) is 0 Å². The van der Waals surface area contributed by atoms with Crippen LogP contribution in [0.3, 0.4) is 0 Å². The van der Waals surface area contributed by atoms with Gasteiger partial charge in [0, 0.05) is 11.8 Å². The summed E-state index contributed by atoms with van der Waals surface area (Å²) in [5.41, 5.74) is 0.875. The number of nitrogens with one attached hydrogen (secondary N) is 1. The van der Waals surface area contributed by atoms with Crippen LogP contribution in [0.25, 0.3) is 0 Å². The van der Waals surface area contributed by atoms with E-state index in [2.05, 4.69) is 10.3 Å². The zero-order valence-corrected chi connectivity index (χ0v) is 11.0. The Morgan fingerprint density at radius 2 is 2.21 bits per heavy atom. The highest BCUT2D eigenvalue weighted by atomic mass is 19.1. The largest absolute Gasteiger partial charge is 0.466 e. The lowest BCUT2D eigenvalue weighted by Crippen LogP contribution is -2.27. The number of pyridine rings is 1. The quantitative estimate of drug-likeness (QED) is 0.925. The minimum absolute atomic E-state index is 0.0141. The third-order valence-corrected chi connectivity index (χ3v) is 2.91. The average molecular weight is 262 g/mol. The molecule has 0 aliphatic carbocycles. The fourth-order valence-electron chi connectivity index (χ4n) is 1.99. The first kappa shape index (κ1) is 13.3. The van der Waals surface area contributed by atoms with Gasteiger partial charge < -0.3 is 9.73 Å². The number of carbonyl (C=O) groups excluding carboxylic acids is 1. The molecule has 0 radical (unpaired) electrons. The van der Waals surface area contributed by atoms with Gasteiger partial charge in [-0.3, -0.25) is 9.78 Å². The number of aromatic nitrogens is 1. The Morgan fingerprint density at radius 1 is 1.47 bits per heavy atom. The highest BCUT2D eigenvalue weighted by molar-refractivity contribution is 5.94. The molecule has 2 heterocycles. The van der Waals surface area contributed by atoms with E-state index < -0.39 is 11.7 Å². The van der Waals surface area contributed by atoms with Crippen molar-refractivity contribution in [2.24, 2.45) is 0 Å². The molecule has 1 unspecified atom stereocenters. The van der Waals surface area contributed by atoms with Crippen LogP contribution in [0.15, 0.2) is 28.9 Å². The summed E-state index contributed by atoms with van der Waals surface area (Å²) in [6.45, 7) is 5.50. The van der Waals surface area contributed by atoms with Crippen LogP contribution >= 0.6 is 0 Å². The lowest BCUT2D eigenvalue weighted by Gasteiger charge is -2.13. The minimum Gasteiger partial charge on any atom is -0.466 e. The third kappa shape index (κ3) is 2.81. The molecule has 100 valence electrons. The van der Waals surface area contributed by atoms with E-state index >= 15 is 0 Å². The van der Waals surface area contributed by atoms with Crippen molar-refractivity contribution in [2.75, 3.05) is 0 Å². The van der Waals surface area contributed by atoms with Gasteiger partial charge in [0.1, 0.15) is 11.5 Å². The maximum atomic E-state index is 13.4. The van der Waals surface area contributed by atoms with Crippen LogP contribution < -0.4 is 5.32 Å². The Kier molecular flexibility index (Phi) is 3.64. The highest BCUT2D eigenvalue weighted by Gasteiger charge is 2.17. The summed E-state index contributed by atoms with van der Waals surface area (Å²) < 4.78 is 18.8. The molecule has 0 bridgehead atoms. The van der Waals surface area contributed by atoms with Crippen molar-refractivity contribution >= 4 is 5.91 Å². The molecule has 0 aromatic carbocycles. The number of aryl methyl sites for hydroxylation is 2. The van der Waals surface area contributed by atoms with E-state index in [1.807, 2.05) is 26.8 Å². The van der Waals surface area contributed by atoms with Gasteiger partial charge in [-0.15, -0.1) is 0 Å². The van der Waals surface area contributed by atoms with Crippen LogP contribution in [-0.2, 0) is 0 Å². The average Bonchev–Trinajstić information content (AvgIpc) is 2.69. The van der Waals surface area contributed by atoms with E-state index in [9.17, 15) is 9.18 Å². The number of halogens is 1. The summed E-state index contributed by atoms with van der Waals surface area (Å²) in [5, 5.41) is 2.74. The lowest BCUT2D eigenvalue weighted by molar-refractivity contribution is 0.0935. The molecule has 0 spiro atoms. The van der Waals surface area contributed by atoms with Crippen LogP contribution in [0.1, 0.15) is 40.4 Å². The van der Waals surface area contributed by atoms with Gasteiger partial charge >= 0.3 is 0 Å². The van der Waals surface area contributed by atoms with Crippen LogP contribution in [0.2, 0.25) is 0 Å². The monoisotopic (exact) mass is 262 g/mol. The number of carbonyl (C=O) groups is 1. The molecule has 0 aliphatic rings. The van der Waals surface area contributed by atoms with Gasteiger partial charge in [-0.05, 0) is 32.9 Å². The molecule has 0 saturated heterocycles. The van der Waals surface area contributed by atoms with Gasteiger partial charge in [0.25, 0.3) is 5.91 Å². The molecule has 2 rings (SSSR count). The summed E-state index contributed by atoms with van der Waals surface area (Å²) in [4.78, 5) is 15.6. The Labute approximate surface area is 110 Å². The Bertz CT molecular complexity index is 607. The maximum absolute atomic E-state index is 13.4. The summed E-state index contributed by atoms with van der Waals surface area (Å²) in [5.74, 6) is 0.433. The second-order valence-corrected chi connectivity index (χ2v) is 4.42. The maximum Gasteiger partial charge on any atom is 0.254 e. The molecule has 5 heteroatoms. The topological polar surface area (TPSA) is 55.1 Å². The van der Waals surface area contributed by atoms with Crippen LogP contribution in [-0.4, -0.2) is 10.9 Å². The van der Waals surface area contributed by atoms with Gasteiger partial charge in [0.2, 0.25) is 0 Å². The lowest BCUT2D eigenvalue weighted by atomic mass is 10.1.